The van der Waals surface area contributed by atoms with E-state index in [1.165, 1.54) is 4.31 Å². The van der Waals surface area contributed by atoms with Gasteiger partial charge in [-0.25, -0.2) is 8.42 Å². The van der Waals surface area contributed by atoms with Gasteiger partial charge in [0.1, 0.15) is 6.54 Å². The topological polar surface area (TPSA) is 66.5 Å². The second-order valence-electron chi connectivity index (χ2n) is 7.81. The van der Waals surface area contributed by atoms with E-state index in [4.69, 9.17) is 0 Å². The van der Waals surface area contributed by atoms with Crippen molar-refractivity contribution in [3.63, 3.8) is 0 Å². The van der Waals surface area contributed by atoms with Crippen LogP contribution in [0.5, 0.6) is 0 Å². The summed E-state index contributed by atoms with van der Waals surface area (Å²) in [7, 11) is -3.93. The predicted molar refractivity (Wildman–Crippen MR) is 125 cm³/mol. The van der Waals surface area contributed by atoms with E-state index in [1.54, 1.807) is 30.3 Å². The average molecular weight is 437 g/mol. The number of hydrogen-bond donors (Lipinski definition) is 1. The molecule has 162 valence electrons. The number of aryl methyl sites for hydroxylation is 3. The lowest BCUT2D eigenvalue weighted by Crippen LogP contribution is -2.42. The van der Waals surface area contributed by atoms with Crippen LogP contribution < -0.4 is 9.62 Å². The van der Waals surface area contributed by atoms with E-state index in [1.807, 2.05) is 70.2 Å². The Morgan fingerprint density at radius 3 is 2.13 bits per heavy atom. The molecule has 1 atom stereocenters. The fourth-order valence-electron chi connectivity index (χ4n) is 3.46. The lowest BCUT2D eigenvalue weighted by Gasteiger charge is -2.26. The Bertz CT molecular complexity index is 1160. The van der Waals surface area contributed by atoms with E-state index in [-0.39, 0.29) is 23.4 Å². The molecule has 3 rings (SSSR count). The van der Waals surface area contributed by atoms with Gasteiger partial charge in [0.25, 0.3) is 10.0 Å². The molecule has 31 heavy (non-hydrogen) atoms. The fraction of sp³-hybridized carbons (Fsp3) is 0.240. The van der Waals surface area contributed by atoms with Crippen LogP contribution in [0.3, 0.4) is 0 Å². The molecule has 0 saturated heterocycles. The van der Waals surface area contributed by atoms with Crippen LogP contribution in [-0.2, 0) is 14.8 Å². The third kappa shape index (κ3) is 5.33. The molecule has 5 nitrogen and oxygen atoms in total. The molecule has 3 aromatic carbocycles. The highest BCUT2D eigenvalue weighted by Gasteiger charge is 2.28. The van der Waals surface area contributed by atoms with Crippen LogP contribution in [0.1, 0.15) is 35.2 Å². The van der Waals surface area contributed by atoms with Crippen molar-refractivity contribution >= 4 is 21.6 Å². The lowest BCUT2D eigenvalue weighted by atomic mass is 10.1. The first-order valence-corrected chi connectivity index (χ1v) is 11.6. The van der Waals surface area contributed by atoms with Crippen LogP contribution in [-0.4, -0.2) is 20.9 Å². The van der Waals surface area contributed by atoms with Crippen molar-refractivity contribution in [3.05, 3.63) is 95.1 Å². The van der Waals surface area contributed by atoms with Gasteiger partial charge in [-0.05, 0) is 57.0 Å². The minimum absolute atomic E-state index is 0.155. The molecule has 0 aliphatic rings. The molecule has 1 amide bonds. The van der Waals surface area contributed by atoms with E-state index in [0.29, 0.717) is 5.69 Å². The van der Waals surface area contributed by atoms with Gasteiger partial charge in [0.15, 0.2) is 0 Å². The SMILES string of the molecule is Cc1ccc(S(=O)(=O)N(CC(=O)N[C@H](C)c2ccccc2)c2ccc(C)cc2C)cc1. The van der Waals surface area contributed by atoms with Gasteiger partial charge in [0.05, 0.1) is 16.6 Å². The van der Waals surface area contributed by atoms with Crippen molar-refractivity contribution in [2.45, 2.75) is 38.6 Å². The number of hydrogen-bond acceptors (Lipinski definition) is 3. The molecular formula is C25H28N2O3S. The maximum absolute atomic E-state index is 13.5. The largest absolute Gasteiger partial charge is 0.348 e. The minimum Gasteiger partial charge on any atom is -0.348 e. The first kappa shape index (κ1) is 22.6. The zero-order valence-electron chi connectivity index (χ0n) is 18.3. The summed E-state index contributed by atoms with van der Waals surface area (Å²) in [4.78, 5) is 13.1. The molecule has 0 aliphatic carbocycles. The summed E-state index contributed by atoms with van der Waals surface area (Å²) in [6.07, 6.45) is 0. The summed E-state index contributed by atoms with van der Waals surface area (Å²) in [6.45, 7) is 7.27. The molecule has 0 saturated carbocycles. The normalized spacial score (nSPS) is 12.3. The van der Waals surface area contributed by atoms with Crippen LogP contribution in [0.15, 0.2) is 77.7 Å². The quantitative estimate of drug-likeness (QED) is 0.585. The predicted octanol–water partition coefficient (Wildman–Crippen LogP) is 4.68. The maximum atomic E-state index is 13.5. The Morgan fingerprint density at radius 2 is 1.52 bits per heavy atom. The molecule has 0 spiro atoms. The number of nitrogens with zero attached hydrogens (tertiary/aromatic N) is 1. The van der Waals surface area contributed by atoms with Gasteiger partial charge in [0, 0.05) is 0 Å². The van der Waals surface area contributed by atoms with Crippen molar-refractivity contribution < 1.29 is 13.2 Å². The molecule has 0 unspecified atom stereocenters. The number of carbonyl (C=O) groups is 1. The van der Waals surface area contributed by atoms with E-state index < -0.39 is 10.0 Å². The number of sulfonamides is 1. The van der Waals surface area contributed by atoms with Crippen LogP contribution in [0.4, 0.5) is 5.69 Å². The van der Waals surface area contributed by atoms with Crippen molar-refractivity contribution in [1.29, 1.82) is 0 Å². The highest BCUT2D eigenvalue weighted by atomic mass is 32.2. The second kappa shape index (κ2) is 9.35. The Morgan fingerprint density at radius 1 is 0.903 bits per heavy atom. The van der Waals surface area contributed by atoms with E-state index in [9.17, 15) is 13.2 Å². The summed E-state index contributed by atoms with van der Waals surface area (Å²) in [6, 6.07) is 21.5. The molecule has 6 heteroatoms. The standard InChI is InChI=1S/C25H28N2O3S/c1-18-10-13-23(14-11-18)31(29,30)27(24-15-12-19(2)16-20(24)3)17-25(28)26-21(4)22-8-6-5-7-9-22/h5-16,21H,17H2,1-4H3,(H,26,28)/t21-/m1/s1. The summed E-state index contributed by atoms with van der Waals surface area (Å²) < 4.78 is 28.2. The zero-order valence-corrected chi connectivity index (χ0v) is 19.1. The Labute approximate surface area is 184 Å². The smallest absolute Gasteiger partial charge is 0.264 e. The Kier molecular flexibility index (Phi) is 6.81. The molecule has 3 aromatic rings. The Balaban J connectivity index is 1.94. The van der Waals surface area contributed by atoms with Crippen molar-refractivity contribution in [2.24, 2.45) is 0 Å². The first-order valence-electron chi connectivity index (χ1n) is 10.2. The summed E-state index contributed by atoms with van der Waals surface area (Å²) >= 11 is 0. The molecule has 0 aromatic heterocycles. The summed E-state index contributed by atoms with van der Waals surface area (Å²) in [5, 5.41) is 2.91. The van der Waals surface area contributed by atoms with Gasteiger partial charge in [0.2, 0.25) is 5.91 Å². The van der Waals surface area contributed by atoms with Crippen LogP contribution in [0.25, 0.3) is 0 Å². The lowest BCUT2D eigenvalue weighted by molar-refractivity contribution is -0.120. The van der Waals surface area contributed by atoms with Crippen LogP contribution >= 0.6 is 0 Å². The highest BCUT2D eigenvalue weighted by Crippen LogP contribution is 2.28. The zero-order chi connectivity index (χ0) is 22.6. The van der Waals surface area contributed by atoms with Gasteiger partial charge < -0.3 is 5.32 Å². The molecule has 0 bridgehead atoms. The molecule has 1 N–H and O–H groups in total. The molecule has 0 fully saturated rings. The van der Waals surface area contributed by atoms with Crippen molar-refractivity contribution in [3.8, 4) is 0 Å². The molecule has 0 aliphatic heterocycles. The van der Waals surface area contributed by atoms with E-state index >= 15 is 0 Å². The summed E-state index contributed by atoms with van der Waals surface area (Å²) in [5.74, 6) is -0.369. The highest BCUT2D eigenvalue weighted by molar-refractivity contribution is 7.92. The number of nitrogens with one attached hydrogen (secondary N) is 1. The van der Waals surface area contributed by atoms with Gasteiger partial charge in [-0.3, -0.25) is 9.10 Å². The van der Waals surface area contributed by atoms with E-state index in [2.05, 4.69) is 5.32 Å². The molecule has 0 heterocycles. The van der Waals surface area contributed by atoms with Crippen molar-refractivity contribution in [1.82, 2.24) is 5.32 Å². The number of rotatable bonds is 7. The second-order valence-corrected chi connectivity index (χ2v) is 9.68. The van der Waals surface area contributed by atoms with Crippen LogP contribution in [0, 0.1) is 20.8 Å². The number of carbonyl (C=O) groups excluding carboxylic acids is 1. The third-order valence-electron chi connectivity index (χ3n) is 5.19. The molecular weight excluding hydrogens is 408 g/mol. The van der Waals surface area contributed by atoms with Gasteiger partial charge in [-0.2, -0.15) is 0 Å². The minimum atomic E-state index is -3.93. The van der Waals surface area contributed by atoms with Crippen molar-refractivity contribution in [2.75, 3.05) is 10.8 Å². The monoisotopic (exact) mass is 436 g/mol. The summed E-state index contributed by atoms with van der Waals surface area (Å²) in [5.41, 5.74) is 4.23. The Hall–Kier alpha value is -3.12. The van der Waals surface area contributed by atoms with Gasteiger partial charge in [-0.15, -0.1) is 0 Å². The third-order valence-corrected chi connectivity index (χ3v) is 6.97. The maximum Gasteiger partial charge on any atom is 0.264 e. The number of anilines is 1. The van der Waals surface area contributed by atoms with E-state index in [0.717, 1.165) is 22.3 Å². The molecule has 0 radical (unpaired) electrons. The first-order chi connectivity index (χ1) is 14.7. The van der Waals surface area contributed by atoms with Gasteiger partial charge >= 0.3 is 0 Å². The fourth-order valence-corrected chi connectivity index (χ4v) is 4.95. The van der Waals surface area contributed by atoms with Gasteiger partial charge in [-0.1, -0.05) is 65.7 Å². The average Bonchev–Trinajstić information content (AvgIpc) is 2.73. The number of amides is 1. The number of benzene rings is 3. The van der Waals surface area contributed by atoms with Crippen LogP contribution in [0.2, 0.25) is 0 Å².